The summed E-state index contributed by atoms with van der Waals surface area (Å²) in [6.07, 6.45) is -0.537. The second-order valence-electron chi connectivity index (χ2n) is 8.57. The summed E-state index contributed by atoms with van der Waals surface area (Å²) in [5.74, 6) is -0.768. The zero-order valence-corrected chi connectivity index (χ0v) is 19.7. The van der Waals surface area contributed by atoms with Crippen LogP contribution in [0.4, 0.5) is 0 Å². The Kier molecular flexibility index (Phi) is 5.85. The van der Waals surface area contributed by atoms with Gasteiger partial charge in [0.05, 0.1) is 10.5 Å². The molecule has 0 radical (unpaired) electrons. The second-order valence-corrected chi connectivity index (χ2v) is 10.4. The van der Waals surface area contributed by atoms with Gasteiger partial charge in [0.15, 0.2) is 6.10 Å². The van der Waals surface area contributed by atoms with Crippen LogP contribution in [0.25, 0.3) is 0 Å². The number of benzene rings is 2. The number of esters is 1. The van der Waals surface area contributed by atoms with E-state index in [1.165, 1.54) is 4.31 Å². The molecule has 1 unspecified atom stereocenters. The van der Waals surface area contributed by atoms with Gasteiger partial charge in [-0.2, -0.15) is 4.31 Å². The summed E-state index contributed by atoms with van der Waals surface area (Å²) in [6.45, 7) is 8.44. The first-order valence-electron chi connectivity index (χ1n) is 10.8. The molecule has 1 atom stereocenters. The smallest absolute Gasteiger partial charge is 0.339 e. The van der Waals surface area contributed by atoms with Crippen LogP contribution in [0, 0.1) is 27.7 Å². The monoisotopic (exact) mass is 456 g/mol. The molecule has 2 aromatic rings. The molecule has 2 aliphatic heterocycles. The lowest BCUT2D eigenvalue weighted by Crippen LogP contribution is -2.54. The molecule has 7 nitrogen and oxygen atoms in total. The maximum Gasteiger partial charge on any atom is 0.339 e. The van der Waals surface area contributed by atoms with Gasteiger partial charge in [-0.3, -0.25) is 4.79 Å². The van der Waals surface area contributed by atoms with E-state index in [9.17, 15) is 18.0 Å². The Morgan fingerprint density at radius 3 is 2.19 bits per heavy atom. The predicted molar refractivity (Wildman–Crippen MR) is 120 cm³/mol. The average molecular weight is 457 g/mol. The summed E-state index contributed by atoms with van der Waals surface area (Å²) in [7, 11) is -3.68. The van der Waals surface area contributed by atoms with E-state index in [-0.39, 0.29) is 32.1 Å². The number of carbonyl (C=O) groups excluding carboxylic acids is 2. The molecule has 2 aliphatic rings. The standard InChI is InChI=1S/C24H28N2O5S/c1-15-13-16(2)18(4)22(17(15)3)32(29,30)26-11-9-25(10-12-26)23(27)21-14-19-7-5-6-8-20(19)24(28)31-21/h5-8,13,21H,9-12,14H2,1-4H3. The van der Waals surface area contributed by atoms with Crippen molar-refractivity contribution in [1.82, 2.24) is 9.21 Å². The highest BCUT2D eigenvalue weighted by Crippen LogP contribution is 2.29. The quantitative estimate of drug-likeness (QED) is 0.663. The first kappa shape index (κ1) is 22.5. The van der Waals surface area contributed by atoms with Crippen LogP contribution < -0.4 is 0 Å². The van der Waals surface area contributed by atoms with Crippen LogP contribution in [0.2, 0.25) is 0 Å². The number of ether oxygens (including phenoxy) is 1. The molecule has 8 heteroatoms. The molecule has 2 aromatic carbocycles. The third-order valence-corrected chi connectivity index (χ3v) is 8.79. The fourth-order valence-electron chi connectivity index (χ4n) is 4.52. The van der Waals surface area contributed by atoms with E-state index in [0.29, 0.717) is 16.9 Å². The van der Waals surface area contributed by atoms with E-state index < -0.39 is 22.1 Å². The molecule has 32 heavy (non-hydrogen) atoms. The number of aryl methyl sites for hydroxylation is 2. The fourth-order valence-corrected chi connectivity index (χ4v) is 6.52. The molecule has 0 spiro atoms. The lowest BCUT2D eigenvalue weighted by Gasteiger charge is -2.36. The van der Waals surface area contributed by atoms with Crippen molar-refractivity contribution >= 4 is 21.9 Å². The van der Waals surface area contributed by atoms with E-state index >= 15 is 0 Å². The maximum absolute atomic E-state index is 13.4. The number of fused-ring (bicyclic) bond motifs is 1. The van der Waals surface area contributed by atoms with Gasteiger partial charge in [-0.15, -0.1) is 0 Å². The third kappa shape index (κ3) is 3.82. The van der Waals surface area contributed by atoms with Crippen molar-refractivity contribution in [1.29, 1.82) is 0 Å². The van der Waals surface area contributed by atoms with Crippen molar-refractivity contribution in [2.24, 2.45) is 0 Å². The van der Waals surface area contributed by atoms with Crippen molar-refractivity contribution in [3.63, 3.8) is 0 Å². The highest BCUT2D eigenvalue weighted by atomic mass is 32.2. The largest absolute Gasteiger partial charge is 0.448 e. The van der Waals surface area contributed by atoms with Gasteiger partial charge < -0.3 is 9.64 Å². The van der Waals surface area contributed by atoms with Gasteiger partial charge in [0.25, 0.3) is 5.91 Å². The normalized spacial score (nSPS) is 19.4. The molecule has 0 N–H and O–H groups in total. The molecule has 170 valence electrons. The Labute approximate surface area is 189 Å². The Hall–Kier alpha value is -2.71. The van der Waals surface area contributed by atoms with Crippen LogP contribution in [-0.4, -0.2) is 61.8 Å². The van der Waals surface area contributed by atoms with E-state index in [1.807, 2.05) is 45.9 Å². The number of cyclic esters (lactones) is 1. The third-order valence-electron chi connectivity index (χ3n) is 6.61. The van der Waals surface area contributed by atoms with Crippen LogP contribution in [0.3, 0.4) is 0 Å². The summed E-state index contributed by atoms with van der Waals surface area (Å²) in [4.78, 5) is 27.2. The number of amides is 1. The number of hydrogen-bond donors (Lipinski definition) is 0. The Bertz CT molecular complexity index is 1170. The molecule has 1 fully saturated rings. The molecule has 2 heterocycles. The fraction of sp³-hybridized carbons (Fsp3) is 0.417. The van der Waals surface area contributed by atoms with Crippen LogP contribution in [0.5, 0.6) is 0 Å². The number of piperazine rings is 1. The molecule has 1 amide bonds. The highest BCUT2D eigenvalue weighted by molar-refractivity contribution is 7.89. The van der Waals surface area contributed by atoms with Crippen molar-refractivity contribution in [2.45, 2.75) is 45.1 Å². The molecule has 4 rings (SSSR count). The molecule has 1 saturated heterocycles. The Morgan fingerprint density at radius 1 is 0.969 bits per heavy atom. The zero-order valence-electron chi connectivity index (χ0n) is 18.8. The van der Waals surface area contributed by atoms with Gasteiger partial charge in [0.1, 0.15) is 0 Å². The number of hydrogen-bond acceptors (Lipinski definition) is 5. The van der Waals surface area contributed by atoms with E-state index in [4.69, 9.17) is 4.74 Å². The summed E-state index contributed by atoms with van der Waals surface area (Å²) >= 11 is 0. The highest BCUT2D eigenvalue weighted by Gasteiger charge is 2.37. The van der Waals surface area contributed by atoms with E-state index in [0.717, 1.165) is 27.8 Å². The topological polar surface area (TPSA) is 84.0 Å². The minimum Gasteiger partial charge on any atom is -0.448 e. The number of carbonyl (C=O) groups is 2. The van der Waals surface area contributed by atoms with Gasteiger partial charge in [0, 0.05) is 32.6 Å². The van der Waals surface area contributed by atoms with Crippen molar-refractivity contribution in [3.8, 4) is 0 Å². The minimum absolute atomic E-state index is 0.206. The first-order valence-corrected chi connectivity index (χ1v) is 12.2. The number of nitrogens with zero attached hydrogens (tertiary/aromatic N) is 2. The molecular formula is C24H28N2O5S. The van der Waals surface area contributed by atoms with E-state index in [2.05, 4.69) is 0 Å². The van der Waals surface area contributed by atoms with Gasteiger partial charge in [-0.1, -0.05) is 24.3 Å². The number of sulfonamides is 1. The molecule has 0 aliphatic carbocycles. The summed E-state index contributed by atoms with van der Waals surface area (Å²) in [6, 6.07) is 9.12. The van der Waals surface area contributed by atoms with Crippen molar-refractivity contribution in [2.75, 3.05) is 26.2 Å². The second kappa shape index (κ2) is 8.33. The SMILES string of the molecule is Cc1cc(C)c(C)c(S(=O)(=O)N2CCN(C(=O)C3Cc4ccccc4C(=O)O3)CC2)c1C. The lowest BCUT2D eigenvalue weighted by molar-refractivity contribution is -0.142. The first-order chi connectivity index (χ1) is 15.1. The molecule has 0 aromatic heterocycles. The summed E-state index contributed by atoms with van der Waals surface area (Å²) in [5, 5.41) is 0. The van der Waals surface area contributed by atoms with Gasteiger partial charge in [-0.25, -0.2) is 13.2 Å². The van der Waals surface area contributed by atoms with Gasteiger partial charge >= 0.3 is 5.97 Å². The van der Waals surface area contributed by atoms with E-state index in [1.54, 1.807) is 17.0 Å². The maximum atomic E-state index is 13.4. The van der Waals surface area contributed by atoms with Crippen molar-refractivity contribution < 1.29 is 22.7 Å². The van der Waals surface area contributed by atoms with Crippen molar-refractivity contribution in [3.05, 3.63) is 63.7 Å². The van der Waals surface area contributed by atoms with Crippen LogP contribution in [-0.2, 0) is 26.0 Å². The lowest BCUT2D eigenvalue weighted by atomic mass is 9.98. The molecule has 0 saturated carbocycles. The van der Waals surface area contributed by atoms with Crippen LogP contribution in [0.15, 0.2) is 35.2 Å². The van der Waals surface area contributed by atoms with Crippen LogP contribution >= 0.6 is 0 Å². The van der Waals surface area contributed by atoms with Gasteiger partial charge in [0.2, 0.25) is 10.0 Å². The predicted octanol–water partition coefficient (Wildman–Crippen LogP) is 2.53. The average Bonchev–Trinajstić information content (AvgIpc) is 2.77. The summed E-state index contributed by atoms with van der Waals surface area (Å²) < 4.78 is 33.7. The Balaban J connectivity index is 1.48. The minimum atomic E-state index is -3.68. The zero-order chi connectivity index (χ0) is 23.2. The van der Waals surface area contributed by atoms with Gasteiger partial charge in [-0.05, 0) is 61.6 Å². The van der Waals surface area contributed by atoms with Crippen LogP contribution in [0.1, 0.15) is 38.2 Å². The Morgan fingerprint density at radius 2 is 1.56 bits per heavy atom. The molecular weight excluding hydrogens is 428 g/mol. The number of rotatable bonds is 3. The molecule has 0 bridgehead atoms. The summed E-state index contributed by atoms with van der Waals surface area (Å²) in [5.41, 5.74) is 4.70.